The topological polar surface area (TPSA) is 30.0 Å². The second-order valence-electron chi connectivity index (χ2n) is 4.90. The number of Topliss-reactive ketones (excluding diaryl/α,β-unsaturated/α-hetero) is 1. The molecule has 2 aromatic rings. The van der Waals surface area contributed by atoms with E-state index in [1.165, 1.54) is 11.1 Å². The molecule has 1 aliphatic carbocycles. The van der Waals surface area contributed by atoms with E-state index in [4.69, 9.17) is 0 Å². The third-order valence-electron chi connectivity index (χ3n) is 3.45. The third-order valence-corrected chi connectivity index (χ3v) is 4.42. The molecule has 1 heterocycles. The monoisotopic (exact) mass is 257 g/mol. The maximum atomic E-state index is 12.0. The van der Waals surface area contributed by atoms with Gasteiger partial charge in [0.25, 0.3) is 0 Å². The largest absolute Gasteiger partial charge is 0.299 e. The summed E-state index contributed by atoms with van der Waals surface area (Å²) in [6.07, 6.45) is 2.21. The normalized spacial score (nSPS) is 17.1. The summed E-state index contributed by atoms with van der Waals surface area (Å²) >= 11 is 1.58. The Bertz CT molecular complexity index is 588. The van der Waals surface area contributed by atoms with Crippen LogP contribution in [0.15, 0.2) is 29.6 Å². The molecule has 0 saturated heterocycles. The molecule has 0 saturated carbocycles. The quantitative estimate of drug-likeness (QED) is 0.841. The van der Waals surface area contributed by atoms with Gasteiger partial charge in [-0.15, -0.1) is 11.3 Å². The molecule has 0 N–H and O–H groups in total. The maximum Gasteiger partial charge on any atom is 0.140 e. The van der Waals surface area contributed by atoms with Gasteiger partial charge < -0.3 is 0 Å². The van der Waals surface area contributed by atoms with Crippen LogP contribution in [-0.4, -0.2) is 10.8 Å². The molecule has 0 spiro atoms. The maximum absolute atomic E-state index is 12.0. The van der Waals surface area contributed by atoms with E-state index >= 15 is 0 Å². The van der Waals surface area contributed by atoms with Crippen molar-refractivity contribution in [2.24, 2.45) is 0 Å². The van der Waals surface area contributed by atoms with E-state index < -0.39 is 0 Å². The van der Waals surface area contributed by atoms with Gasteiger partial charge in [0.1, 0.15) is 10.8 Å². The van der Waals surface area contributed by atoms with E-state index in [1.807, 2.05) is 12.3 Å². The first-order valence-corrected chi connectivity index (χ1v) is 7.11. The molecule has 0 radical (unpaired) electrons. The Labute approximate surface area is 111 Å². The lowest BCUT2D eigenvalue weighted by Gasteiger charge is -2.29. The van der Waals surface area contributed by atoms with Gasteiger partial charge in [-0.05, 0) is 30.4 Å². The molecular weight excluding hydrogens is 242 g/mol. The molecule has 3 rings (SSSR count). The van der Waals surface area contributed by atoms with Crippen molar-refractivity contribution in [1.82, 2.24) is 4.98 Å². The van der Waals surface area contributed by atoms with Gasteiger partial charge in [0, 0.05) is 17.5 Å². The fourth-order valence-electron chi connectivity index (χ4n) is 2.54. The predicted molar refractivity (Wildman–Crippen MR) is 73.1 cm³/mol. The summed E-state index contributed by atoms with van der Waals surface area (Å²) in [6, 6.07) is 8.42. The van der Waals surface area contributed by atoms with E-state index in [9.17, 15) is 4.79 Å². The Kier molecular flexibility index (Phi) is 3.00. The molecule has 0 bridgehead atoms. The number of fused-ring (bicyclic) bond motifs is 1. The van der Waals surface area contributed by atoms with Crippen LogP contribution < -0.4 is 0 Å². The number of rotatable bonds is 4. The lowest BCUT2D eigenvalue weighted by molar-refractivity contribution is -0.118. The Morgan fingerprint density at radius 2 is 2.28 bits per heavy atom. The van der Waals surface area contributed by atoms with E-state index in [1.54, 1.807) is 11.3 Å². The summed E-state index contributed by atoms with van der Waals surface area (Å²) in [5, 5.41) is 2.95. The number of aryl methyl sites for hydroxylation is 1. The summed E-state index contributed by atoms with van der Waals surface area (Å²) in [7, 11) is 0. The lowest BCUT2D eigenvalue weighted by Crippen LogP contribution is -2.20. The second kappa shape index (κ2) is 4.65. The van der Waals surface area contributed by atoms with Gasteiger partial charge in [-0.25, -0.2) is 4.98 Å². The van der Waals surface area contributed by atoms with E-state index in [0.29, 0.717) is 24.5 Å². The van der Waals surface area contributed by atoms with Crippen LogP contribution in [0.4, 0.5) is 0 Å². The molecule has 0 aliphatic heterocycles. The molecule has 1 atom stereocenters. The average Bonchev–Trinajstić information content (AvgIpc) is 2.72. The Morgan fingerprint density at radius 3 is 3.00 bits per heavy atom. The number of carbonyl (C=O) groups is 1. The first-order valence-electron chi connectivity index (χ1n) is 6.23. The van der Waals surface area contributed by atoms with E-state index in [0.717, 1.165) is 17.1 Å². The van der Waals surface area contributed by atoms with Gasteiger partial charge in [-0.2, -0.15) is 0 Å². The van der Waals surface area contributed by atoms with Gasteiger partial charge in [-0.1, -0.05) is 24.3 Å². The van der Waals surface area contributed by atoms with Gasteiger partial charge in [0.15, 0.2) is 0 Å². The summed E-state index contributed by atoms with van der Waals surface area (Å²) < 4.78 is 0. The fourth-order valence-corrected chi connectivity index (χ4v) is 3.34. The Morgan fingerprint density at radius 1 is 1.44 bits per heavy atom. The highest BCUT2D eigenvalue weighted by atomic mass is 32.1. The summed E-state index contributed by atoms with van der Waals surface area (Å²) in [6.45, 7) is 1.96. The van der Waals surface area contributed by atoms with E-state index in [2.05, 4.69) is 29.2 Å². The van der Waals surface area contributed by atoms with Crippen molar-refractivity contribution in [3.63, 3.8) is 0 Å². The second-order valence-corrected chi connectivity index (χ2v) is 5.84. The van der Waals surface area contributed by atoms with Crippen LogP contribution in [0.25, 0.3) is 0 Å². The molecular formula is C15H15NOS. The molecule has 1 aliphatic rings. The van der Waals surface area contributed by atoms with Gasteiger partial charge in [-0.3, -0.25) is 4.79 Å². The first-order chi connectivity index (χ1) is 8.72. The average molecular weight is 257 g/mol. The van der Waals surface area contributed by atoms with Crippen molar-refractivity contribution in [3.8, 4) is 0 Å². The van der Waals surface area contributed by atoms with Crippen LogP contribution in [0.2, 0.25) is 0 Å². The van der Waals surface area contributed by atoms with Crippen molar-refractivity contribution < 1.29 is 4.79 Å². The fraction of sp³-hybridized carbons (Fsp3) is 0.333. The molecule has 18 heavy (non-hydrogen) atoms. The standard InChI is InChI=1S/C15H15NOS/c1-10-9-18-15(16-10)8-13(17)7-12-6-11-4-2-3-5-14(11)12/h2-5,9,12H,6-8H2,1H3. The minimum absolute atomic E-state index is 0.309. The number of thiazole rings is 1. The smallest absolute Gasteiger partial charge is 0.140 e. The SMILES string of the molecule is Cc1csc(CC(=O)CC2Cc3ccccc32)n1. The van der Waals surface area contributed by atoms with Crippen molar-refractivity contribution in [2.45, 2.75) is 32.1 Å². The van der Waals surface area contributed by atoms with Crippen molar-refractivity contribution >= 4 is 17.1 Å². The predicted octanol–water partition coefficient (Wildman–Crippen LogP) is 3.29. The molecule has 1 aromatic carbocycles. The number of hydrogen-bond donors (Lipinski definition) is 0. The van der Waals surface area contributed by atoms with Crippen LogP contribution in [0.5, 0.6) is 0 Å². The molecule has 1 aromatic heterocycles. The zero-order chi connectivity index (χ0) is 12.5. The minimum Gasteiger partial charge on any atom is -0.299 e. The molecule has 0 amide bonds. The highest BCUT2D eigenvalue weighted by Gasteiger charge is 2.27. The van der Waals surface area contributed by atoms with Crippen molar-refractivity contribution in [1.29, 1.82) is 0 Å². The molecule has 1 unspecified atom stereocenters. The molecule has 2 nitrogen and oxygen atoms in total. The third kappa shape index (κ3) is 2.23. The van der Waals surface area contributed by atoms with E-state index in [-0.39, 0.29) is 0 Å². The van der Waals surface area contributed by atoms with Crippen LogP contribution in [0.3, 0.4) is 0 Å². The Balaban J connectivity index is 1.60. The number of ketones is 1. The number of nitrogens with zero attached hydrogens (tertiary/aromatic N) is 1. The van der Waals surface area contributed by atoms with Crippen LogP contribution >= 0.6 is 11.3 Å². The van der Waals surface area contributed by atoms with Crippen molar-refractivity contribution in [2.75, 3.05) is 0 Å². The minimum atomic E-state index is 0.309. The summed E-state index contributed by atoms with van der Waals surface area (Å²) in [5.74, 6) is 0.749. The Hall–Kier alpha value is -1.48. The number of aromatic nitrogens is 1. The number of carbonyl (C=O) groups excluding carboxylic acids is 1. The zero-order valence-electron chi connectivity index (χ0n) is 10.3. The number of hydrogen-bond acceptors (Lipinski definition) is 3. The molecule has 3 heteroatoms. The molecule has 0 fully saturated rings. The zero-order valence-corrected chi connectivity index (χ0v) is 11.2. The highest BCUT2D eigenvalue weighted by Crippen LogP contribution is 2.37. The van der Waals surface area contributed by atoms with Gasteiger partial charge in [0.05, 0.1) is 6.42 Å². The lowest BCUT2D eigenvalue weighted by atomic mass is 9.75. The number of benzene rings is 1. The summed E-state index contributed by atoms with van der Waals surface area (Å²) in [5.41, 5.74) is 3.78. The van der Waals surface area contributed by atoms with Crippen LogP contribution in [0.1, 0.15) is 34.2 Å². The van der Waals surface area contributed by atoms with Crippen LogP contribution in [0, 0.1) is 6.92 Å². The molecule has 92 valence electrons. The van der Waals surface area contributed by atoms with Gasteiger partial charge in [0.2, 0.25) is 0 Å². The van der Waals surface area contributed by atoms with Crippen LogP contribution in [-0.2, 0) is 17.6 Å². The highest BCUT2D eigenvalue weighted by molar-refractivity contribution is 7.09. The first kappa shape index (κ1) is 11.6. The summed E-state index contributed by atoms with van der Waals surface area (Å²) in [4.78, 5) is 16.3. The van der Waals surface area contributed by atoms with Crippen molar-refractivity contribution in [3.05, 3.63) is 51.5 Å². The van der Waals surface area contributed by atoms with Gasteiger partial charge >= 0.3 is 0 Å².